The van der Waals surface area contributed by atoms with Crippen LogP contribution < -0.4 is 10.6 Å². The standard InChI is InChI=1S/C16H30N2O2/c1-5-7-14(19)17-12-9-13(11-16(3,4)10-12)18-15(20)8-6-2/h12-13H,5-11H2,1-4H3,(H,17,19)(H,18,20). The maximum Gasteiger partial charge on any atom is 0.220 e. The van der Waals surface area contributed by atoms with Crippen molar-refractivity contribution in [2.24, 2.45) is 5.41 Å². The van der Waals surface area contributed by atoms with Gasteiger partial charge < -0.3 is 10.6 Å². The van der Waals surface area contributed by atoms with E-state index >= 15 is 0 Å². The molecule has 1 fully saturated rings. The van der Waals surface area contributed by atoms with Crippen molar-refractivity contribution in [3.05, 3.63) is 0 Å². The van der Waals surface area contributed by atoms with Crippen molar-refractivity contribution < 1.29 is 9.59 Å². The second-order valence-corrected chi connectivity index (χ2v) is 6.84. The lowest BCUT2D eigenvalue weighted by Crippen LogP contribution is -2.50. The van der Waals surface area contributed by atoms with E-state index in [-0.39, 0.29) is 29.3 Å². The number of rotatable bonds is 6. The molecule has 1 rings (SSSR count). The third-order valence-electron chi connectivity index (χ3n) is 3.85. The Labute approximate surface area is 123 Å². The van der Waals surface area contributed by atoms with Gasteiger partial charge in [-0.2, -0.15) is 0 Å². The molecule has 0 aromatic carbocycles. The smallest absolute Gasteiger partial charge is 0.220 e. The fourth-order valence-corrected chi connectivity index (χ4v) is 3.20. The Kier molecular flexibility index (Phi) is 6.50. The van der Waals surface area contributed by atoms with Gasteiger partial charge in [-0.05, 0) is 37.5 Å². The molecule has 0 bridgehead atoms. The molecule has 1 aliphatic carbocycles. The molecule has 20 heavy (non-hydrogen) atoms. The number of hydrogen-bond acceptors (Lipinski definition) is 2. The van der Waals surface area contributed by atoms with E-state index in [2.05, 4.69) is 24.5 Å². The van der Waals surface area contributed by atoms with Gasteiger partial charge in [0.25, 0.3) is 0 Å². The van der Waals surface area contributed by atoms with E-state index in [9.17, 15) is 9.59 Å². The van der Waals surface area contributed by atoms with Gasteiger partial charge in [-0.1, -0.05) is 27.7 Å². The lowest BCUT2D eigenvalue weighted by molar-refractivity contribution is -0.122. The molecule has 0 heterocycles. The molecular formula is C16H30N2O2. The number of hydrogen-bond donors (Lipinski definition) is 2. The average molecular weight is 282 g/mol. The highest BCUT2D eigenvalue weighted by atomic mass is 16.2. The largest absolute Gasteiger partial charge is 0.353 e. The molecule has 1 saturated carbocycles. The maximum atomic E-state index is 11.8. The maximum absolute atomic E-state index is 11.8. The summed E-state index contributed by atoms with van der Waals surface area (Å²) in [6.45, 7) is 8.45. The fraction of sp³-hybridized carbons (Fsp3) is 0.875. The summed E-state index contributed by atoms with van der Waals surface area (Å²) in [7, 11) is 0. The van der Waals surface area contributed by atoms with E-state index in [1.165, 1.54) is 0 Å². The van der Waals surface area contributed by atoms with Crippen LogP contribution in [0.15, 0.2) is 0 Å². The molecule has 0 radical (unpaired) electrons. The highest BCUT2D eigenvalue weighted by Crippen LogP contribution is 2.35. The Balaban J connectivity index is 2.56. The molecular weight excluding hydrogens is 252 g/mol. The zero-order valence-electron chi connectivity index (χ0n) is 13.4. The number of nitrogens with one attached hydrogen (secondary N) is 2. The van der Waals surface area contributed by atoms with Gasteiger partial charge >= 0.3 is 0 Å². The predicted octanol–water partition coefficient (Wildman–Crippen LogP) is 2.77. The van der Waals surface area contributed by atoms with Crippen molar-refractivity contribution in [1.29, 1.82) is 0 Å². The van der Waals surface area contributed by atoms with Crippen LogP contribution in [-0.4, -0.2) is 23.9 Å². The Morgan fingerprint density at radius 3 is 1.70 bits per heavy atom. The van der Waals surface area contributed by atoms with Crippen LogP contribution in [0, 0.1) is 5.41 Å². The molecule has 0 spiro atoms. The van der Waals surface area contributed by atoms with Crippen molar-refractivity contribution in [1.82, 2.24) is 10.6 Å². The highest BCUT2D eigenvalue weighted by Gasteiger charge is 2.35. The van der Waals surface area contributed by atoms with E-state index in [0.29, 0.717) is 12.8 Å². The van der Waals surface area contributed by atoms with Crippen LogP contribution in [0.1, 0.15) is 72.6 Å². The Hall–Kier alpha value is -1.06. The summed E-state index contributed by atoms with van der Waals surface area (Å²) in [6.07, 6.45) is 5.75. The molecule has 116 valence electrons. The first-order chi connectivity index (χ1) is 9.36. The van der Waals surface area contributed by atoms with Gasteiger partial charge in [0.05, 0.1) is 0 Å². The van der Waals surface area contributed by atoms with Crippen LogP contribution in [0.4, 0.5) is 0 Å². The molecule has 2 unspecified atom stereocenters. The number of carbonyl (C=O) groups is 2. The molecule has 0 saturated heterocycles. The first-order valence-corrected chi connectivity index (χ1v) is 7.95. The van der Waals surface area contributed by atoms with Crippen LogP contribution in [0.2, 0.25) is 0 Å². The normalized spacial score (nSPS) is 25.0. The quantitative estimate of drug-likeness (QED) is 0.787. The molecule has 2 N–H and O–H groups in total. The van der Waals surface area contributed by atoms with Gasteiger partial charge in [-0.25, -0.2) is 0 Å². The summed E-state index contributed by atoms with van der Waals surface area (Å²) >= 11 is 0. The van der Waals surface area contributed by atoms with Crippen molar-refractivity contribution in [3.63, 3.8) is 0 Å². The minimum Gasteiger partial charge on any atom is -0.353 e. The van der Waals surface area contributed by atoms with Gasteiger partial charge in [-0.15, -0.1) is 0 Å². The van der Waals surface area contributed by atoms with Crippen LogP contribution in [0.5, 0.6) is 0 Å². The van der Waals surface area contributed by atoms with Crippen LogP contribution in [0.3, 0.4) is 0 Å². The van der Waals surface area contributed by atoms with Crippen molar-refractivity contribution in [2.75, 3.05) is 0 Å². The van der Waals surface area contributed by atoms with Gasteiger partial charge in [0.15, 0.2) is 0 Å². The topological polar surface area (TPSA) is 58.2 Å². The summed E-state index contributed by atoms with van der Waals surface area (Å²) in [6, 6.07) is 0.370. The summed E-state index contributed by atoms with van der Waals surface area (Å²) in [5, 5.41) is 6.24. The van der Waals surface area contributed by atoms with Crippen molar-refractivity contribution in [3.8, 4) is 0 Å². The molecule has 1 aliphatic rings. The first-order valence-electron chi connectivity index (χ1n) is 7.95. The Bertz CT molecular complexity index is 309. The molecule has 0 aromatic heterocycles. The average Bonchev–Trinajstić information content (AvgIpc) is 2.26. The molecule has 4 nitrogen and oxygen atoms in total. The fourth-order valence-electron chi connectivity index (χ4n) is 3.20. The van der Waals surface area contributed by atoms with E-state index in [0.717, 1.165) is 32.1 Å². The molecule has 4 heteroatoms. The summed E-state index contributed by atoms with van der Waals surface area (Å²) in [5.41, 5.74) is 0.159. The van der Waals surface area contributed by atoms with Gasteiger partial charge in [0.2, 0.25) is 11.8 Å². The minimum atomic E-state index is 0.133. The lowest BCUT2D eigenvalue weighted by atomic mass is 9.72. The third kappa shape index (κ3) is 5.93. The van der Waals surface area contributed by atoms with Crippen molar-refractivity contribution in [2.45, 2.75) is 84.7 Å². The minimum absolute atomic E-state index is 0.133. The monoisotopic (exact) mass is 282 g/mol. The van der Waals surface area contributed by atoms with E-state index in [1.54, 1.807) is 0 Å². The van der Waals surface area contributed by atoms with Crippen LogP contribution in [-0.2, 0) is 9.59 Å². The Morgan fingerprint density at radius 2 is 1.35 bits per heavy atom. The van der Waals surface area contributed by atoms with E-state index in [1.807, 2.05) is 13.8 Å². The zero-order chi connectivity index (χ0) is 15.2. The summed E-state index contributed by atoms with van der Waals surface area (Å²) in [4.78, 5) is 23.5. The zero-order valence-corrected chi connectivity index (χ0v) is 13.4. The highest BCUT2D eigenvalue weighted by molar-refractivity contribution is 5.77. The summed E-state index contributed by atoms with van der Waals surface area (Å²) in [5.74, 6) is 0.266. The van der Waals surface area contributed by atoms with Crippen LogP contribution >= 0.6 is 0 Å². The second-order valence-electron chi connectivity index (χ2n) is 6.84. The first kappa shape index (κ1) is 17.0. The molecule has 0 aliphatic heterocycles. The SMILES string of the molecule is CCCC(=O)NC1CC(NC(=O)CCC)CC(C)(C)C1. The number of carbonyl (C=O) groups excluding carboxylic acids is 2. The van der Waals surface area contributed by atoms with Crippen molar-refractivity contribution >= 4 is 11.8 Å². The van der Waals surface area contributed by atoms with E-state index in [4.69, 9.17) is 0 Å². The predicted molar refractivity (Wildman–Crippen MR) is 81.3 cm³/mol. The van der Waals surface area contributed by atoms with Crippen LogP contribution in [0.25, 0.3) is 0 Å². The molecule has 2 amide bonds. The molecule has 0 aromatic rings. The van der Waals surface area contributed by atoms with Gasteiger partial charge in [0, 0.05) is 24.9 Å². The van der Waals surface area contributed by atoms with E-state index < -0.39 is 0 Å². The molecule has 2 atom stereocenters. The van der Waals surface area contributed by atoms with Gasteiger partial charge in [0.1, 0.15) is 0 Å². The lowest BCUT2D eigenvalue weighted by Gasteiger charge is -2.40. The third-order valence-corrected chi connectivity index (χ3v) is 3.85. The summed E-state index contributed by atoms with van der Waals surface area (Å²) < 4.78 is 0. The second kappa shape index (κ2) is 7.65. The Morgan fingerprint density at radius 1 is 0.950 bits per heavy atom. The van der Waals surface area contributed by atoms with Gasteiger partial charge in [-0.3, -0.25) is 9.59 Å². The number of amides is 2.